The molecule has 5 rings (SSSR count). The third-order valence-corrected chi connectivity index (χ3v) is 6.02. The summed E-state index contributed by atoms with van der Waals surface area (Å²) in [5, 5.41) is 18.7. The highest BCUT2D eigenvalue weighted by atomic mass is 35.5. The molecule has 0 saturated heterocycles. The molecule has 6 nitrogen and oxygen atoms in total. The van der Waals surface area contributed by atoms with Gasteiger partial charge in [0.05, 0.1) is 12.3 Å². The van der Waals surface area contributed by atoms with Crippen molar-refractivity contribution in [3.63, 3.8) is 0 Å². The van der Waals surface area contributed by atoms with Gasteiger partial charge in [-0.25, -0.2) is 0 Å². The molecule has 2 heterocycles. The molecule has 0 saturated carbocycles. The number of aromatic nitrogens is 5. The molecule has 0 spiro atoms. The Morgan fingerprint density at radius 1 is 0.750 bits per heavy atom. The number of hydrogen-bond acceptors (Lipinski definition) is 6. The number of nitrogens with zero attached hydrogens (tertiary/aromatic N) is 5. The molecule has 158 valence electrons. The molecular formula is C24H18ClN5OS. The fourth-order valence-corrected chi connectivity index (χ4v) is 4.15. The summed E-state index contributed by atoms with van der Waals surface area (Å²) in [7, 11) is 0. The zero-order valence-electron chi connectivity index (χ0n) is 16.9. The minimum atomic E-state index is 0.493. The van der Waals surface area contributed by atoms with Crippen LogP contribution in [0.4, 0.5) is 0 Å². The first-order valence-corrected chi connectivity index (χ1v) is 11.4. The minimum Gasteiger partial charge on any atom is -0.420 e. The van der Waals surface area contributed by atoms with Crippen LogP contribution < -0.4 is 0 Å². The predicted molar refractivity (Wildman–Crippen MR) is 125 cm³/mol. The van der Waals surface area contributed by atoms with Crippen LogP contribution in [-0.2, 0) is 12.3 Å². The maximum atomic E-state index is 6.07. The summed E-state index contributed by atoms with van der Waals surface area (Å²) in [5.74, 6) is 2.32. The Balaban J connectivity index is 1.41. The highest BCUT2D eigenvalue weighted by Gasteiger charge is 2.17. The largest absolute Gasteiger partial charge is 0.420 e. The van der Waals surface area contributed by atoms with Gasteiger partial charge in [-0.05, 0) is 42.0 Å². The van der Waals surface area contributed by atoms with Gasteiger partial charge in [0.25, 0.3) is 0 Å². The van der Waals surface area contributed by atoms with Crippen molar-refractivity contribution in [1.29, 1.82) is 0 Å². The van der Waals surface area contributed by atoms with E-state index in [0.29, 0.717) is 29.1 Å². The first kappa shape index (κ1) is 20.5. The molecule has 8 heteroatoms. The van der Waals surface area contributed by atoms with E-state index in [-0.39, 0.29) is 0 Å². The highest BCUT2D eigenvalue weighted by Crippen LogP contribution is 2.28. The zero-order chi connectivity index (χ0) is 21.8. The van der Waals surface area contributed by atoms with Gasteiger partial charge in [-0.1, -0.05) is 71.9 Å². The third kappa shape index (κ3) is 4.59. The van der Waals surface area contributed by atoms with Gasteiger partial charge >= 0.3 is 0 Å². The van der Waals surface area contributed by atoms with E-state index < -0.39 is 0 Å². The lowest BCUT2D eigenvalue weighted by Crippen LogP contribution is -2.04. The Hall–Kier alpha value is -3.42. The SMILES string of the molecule is Clc1ccc(-c2nnc(SCc3nnc(-c4ccccc4)o3)n2Cc2ccccc2)cc1. The second kappa shape index (κ2) is 9.38. The Morgan fingerprint density at radius 3 is 2.22 bits per heavy atom. The van der Waals surface area contributed by atoms with Crippen LogP contribution in [0.5, 0.6) is 0 Å². The van der Waals surface area contributed by atoms with E-state index in [4.69, 9.17) is 16.0 Å². The van der Waals surface area contributed by atoms with E-state index in [1.54, 1.807) is 0 Å². The van der Waals surface area contributed by atoms with Crippen molar-refractivity contribution in [3.8, 4) is 22.8 Å². The van der Waals surface area contributed by atoms with Gasteiger partial charge in [-0.3, -0.25) is 4.57 Å². The number of thioether (sulfide) groups is 1. The van der Waals surface area contributed by atoms with Crippen molar-refractivity contribution in [2.75, 3.05) is 0 Å². The second-order valence-corrected chi connectivity index (χ2v) is 8.42. The molecule has 0 N–H and O–H groups in total. The number of benzene rings is 3. The van der Waals surface area contributed by atoms with Gasteiger partial charge in [-0.15, -0.1) is 20.4 Å². The van der Waals surface area contributed by atoms with Gasteiger partial charge in [0, 0.05) is 16.1 Å². The molecule has 32 heavy (non-hydrogen) atoms. The lowest BCUT2D eigenvalue weighted by Gasteiger charge is -2.10. The summed E-state index contributed by atoms with van der Waals surface area (Å²) in [6.45, 7) is 0.646. The smallest absolute Gasteiger partial charge is 0.247 e. The summed E-state index contributed by atoms with van der Waals surface area (Å²) in [6.07, 6.45) is 0. The van der Waals surface area contributed by atoms with Gasteiger partial charge in [0.2, 0.25) is 11.8 Å². The first-order valence-electron chi connectivity index (χ1n) is 10.00. The van der Waals surface area contributed by atoms with Gasteiger partial charge in [-0.2, -0.15) is 0 Å². The van der Waals surface area contributed by atoms with Crippen LogP contribution in [0.3, 0.4) is 0 Å². The second-order valence-electron chi connectivity index (χ2n) is 7.04. The zero-order valence-corrected chi connectivity index (χ0v) is 18.5. The van der Waals surface area contributed by atoms with E-state index in [1.807, 2.05) is 72.8 Å². The molecule has 5 aromatic rings. The average molecular weight is 460 g/mol. The molecule has 0 amide bonds. The van der Waals surface area contributed by atoms with Crippen LogP contribution in [0, 0.1) is 0 Å². The lowest BCUT2D eigenvalue weighted by molar-refractivity contribution is 0.528. The van der Waals surface area contributed by atoms with E-state index >= 15 is 0 Å². The fraction of sp³-hybridized carbons (Fsp3) is 0.0833. The van der Waals surface area contributed by atoms with Crippen molar-refractivity contribution >= 4 is 23.4 Å². The monoisotopic (exact) mass is 459 g/mol. The van der Waals surface area contributed by atoms with Crippen molar-refractivity contribution < 1.29 is 4.42 Å². The van der Waals surface area contributed by atoms with Crippen molar-refractivity contribution in [1.82, 2.24) is 25.0 Å². The van der Waals surface area contributed by atoms with Crippen molar-refractivity contribution in [3.05, 3.63) is 101 Å². The van der Waals surface area contributed by atoms with Gasteiger partial charge in [0.1, 0.15) is 0 Å². The van der Waals surface area contributed by atoms with E-state index in [2.05, 4.69) is 37.1 Å². The number of halogens is 1. The molecule has 0 aliphatic carbocycles. The van der Waals surface area contributed by atoms with Crippen LogP contribution in [0.25, 0.3) is 22.8 Å². The molecule has 0 aliphatic heterocycles. The standard InChI is InChI=1S/C24H18ClN5OS/c25-20-13-11-18(12-14-20)22-27-29-24(30(22)15-17-7-3-1-4-8-17)32-16-21-26-28-23(31-21)19-9-5-2-6-10-19/h1-14H,15-16H2. The molecule has 2 aromatic heterocycles. The molecule has 0 aliphatic rings. The maximum Gasteiger partial charge on any atom is 0.247 e. The van der Waals surface area contributed by atoms with Crippen LogP contribution in [0.1, 0.15) is 11.5 Å². The average Bonchev–Trinajstić information content (AvgIpc) is 3.47. The summed E-state index contributed by atoms with van der Waals surface area (Å²) in [4.78, 5) is 0. The topological polar surface area (TPSA) is 69.6 Å². The van der Waals surface area contributed by atoms with Gasteiger partial charge < -0.3 is 4.42 Å². The van der Waals surface area contributed by atoms with Crippen LogP contribution in [0.2, 0.25) is 5.02 Å². The Kier molecular flexibility index (Phi) is 6.00. The fourth-order valence-electron chi connectivity index (χ4n) is 3.25. The Bertz CT molecular complexity index is 1300. The Labute approximate surface area is 194 Å². The molecular weight excluding hydrogens is 442 g/mol. The van der Waals surface area contributed by atoms with E-state index in [0.717, 1.165) is 27.7 Å². The predicted octanol–water partition coefficient (Wildman–Crippen LogP) is 5.99. The first-order chi connectivity index (χ1) is 15.8. The number of rotatable bonds is 7. The van der Waals surface area contributed by atoms with Crippen LogP contribution in [-0.4, -0.2) is 25.0 Å². The van der Waals surface area contributed by atoms with Crippen molar-refractivity contribution in [2.24, 2.45) is 0 Å². The summed E-state index contributed by atoms with van der Waals surface area (Å²) < 4.78 is 7.93. The highest BCUT2D eigenvalue weighted by molar-refractivity contribution is 7.98. The van der Waals surface area contributed by atoms with Crippen LogP contribution in [0.15, 0.2) is 94.5 Å². The summed E-state index contributed by atoms with van der Waals surface area (Å²) in [6, 6.07) is 27.6. The van der Waals surface area contributed by atoms with E-state index in [1.165, 1.54) is 11.8 Å². The quantitative estimate of drug-likeness (QED) is 0.278. The molecule has 0 fully saturated rings. The molecule has 0 atom stereocenters. The third-order valence-electron chi connectivity index (χ3n) is 4.82. The van der Waals surface area contributed by atoms with E-state index in [9.17, 15) is 0 Å². The molecule has 0 bridgehead atoms. The maximum absolute atomic E-state index is 6.07. The van der Waals surface area contributed by atoms with Crippen LogP contribution >= 0.6 is 23.4 Å². The van der Waals surface area contributed by atoms with Gasteiger partial charge in [0.15, 0.2) is 11.0 Å². The Morgan fingerprint density at radius 2 is 1.47 bits per heavy atom. The molecule has 3 aromatic carbocycles. The van der Waals surface area contributed by atoms with Crippen molar-refractivity contribution in [2.45, 2.75) is 17.5 Å². The number of hydrogen-bond donors (Lipinski definition) is 0. The molecule has 0 unspecified atom stereocenters. The summed E-state index contributed by atoms with van der Waals surface area (Å²) >= 11 is 7.58. The lowest BCUT2D eigenvalue weighted by atomic mass is 10.2. The normalized spacial score (nSPS) is 11.0. The molecule has 0 radical (unpaired) electrons. The summed E-state index contributed by atoms with van der Waals surface area (Å²) in [5.41, 5.74) is 3.01. The minimum absolute atomic E-state index is 0.493.